The molecule has 2 atom stereocenters. The van der Waals surface area contributed by atoms with Crippen molar-refractivity contribution in [3.8, 4) is 11.5 Å². The molecule has 0 amide bonds. The Labute approximate surface area is 123 Å². The van der Waals surface area contributed by atoms with Crippen molar-refractivity contribution in [1.29, 1.82) is 0 Å². The lowest BCUT2D eigenvalue weighted by Crippen LogP contribution is -2.26. The maximum atomic E-state index is 11.5. The van der Waals surface area contributed by atoms with E-state index >= 15 is 0 Å². The Morgan fingerprint density at radius 3 is 2.95 bits per heavy atom. The maximum Gasteiger partial charge on any atom is 0.308 e. The Kier molecular flexibility index (Phi) is 3.98. The van der Waals surface area contributed by atoms with E-state index in [0.29, 0.717) is 18.9 Å². The molecule has 0 unspecified atom stereocenters. The molecule has 0 aliphatic carbocycles. The number of nitrogens with zero attached hydrogens (tertiary/aromatic N) is 1. The van der Waals surface area contributed by atoms with Gasteiger partial charge in [-0.15, -0.1) is 0 Å². The van der Waals surface area contributed by atoms with Crippen LogP contribution < -0.4 is 9.47 Å². The number of carboxylic acids is 1. The number of likely N-dealkylation sites (tertiary alicyclic amines) is 1. The van der Waals surface area contributed by atoms with Crippen molar-refractivity contribution in [3.63, 3.8) is 0 Å². The van der Waals surface area contributed by atoms with Crippen LogP contribution in [0.4, 0.5) is 0 Å². The number of rotatable bonds is 5. The summed E-state index contributed by atoms with van der Waals surface area (Å²) in [5.41, 5.74) is 0.992. The van der Waals surface area contributed by atoms with Crippen LogP contribution in [0.2, 0.25) is 0 Å². The molecular formula is C15H19NO5. The van der Waals surface area contributed by atoms with Crippen molar-refractivity contribution in [2.45, 2.75) is 5.92 Å². The van der Waals surface area contributed by atoms with E-state index in [4.69, 9.17) is 14.2 Å². The number of carboxylic acid groups (broad SMARTS) is 1. The smallest absolute Gasteiger partial charge is 0.308 e. The van der Waals surface area contributed by atoms with Crippen LogP contribution in [-0.2, 0) is 9.53 Å². The molecule has 2 heterocycles. The van der Waals surface area contributed by atoms with Gasteiger partial charge in [-0.2, -0.15) is 0 Å². The Hall–Kier alpha value is -1.79. The van der Waals surface area contributed by atoms with Gasteiger partial charge in [-0.05, 0) is 17.7 Å². The molecule has 1 N–H and O–H groups in total. The minimum atomic E-state index is -0.752. The van der Waals surface area contributed by atoms with Crippen LogP contribution >= 0.6 is 0 Å². The number of methoxy groups -OCH3 is 1. The normalized spacial score (nSPS) is 24.4. The fourth-order valence-corrected chi connectivity index (χ4v) is 3.02. The molecule has 21 heavy (non-hydrogen) atoms. The van der Waals surface area contributed by atoms with Gasteiger partial charge in [-0.25, -0.2) is 0 Å². The average molecular weight is 293 g/mol. The predicted octanol–water partition coefficient (Wildman–Crippen LogP) is 1.16. The molecule has 1 aromatic rings. The Balaban J connectivity index is 1.80. The SMILES string of the molecule is COCCN1C[C@H](C(=O)O)[C@@H](c2ccc3c(c2)OCO3)C1. The molecular weight excluding hydrogens is 274 g/mol. The summed E-state index contributed by atoms with van der Waals surface area (Å²) in [5, 5.41) is 9.47. The highest BCUT2D eigenvalue weighted by Gasteiger charge is 2.38. The third-order valence-electron chi connectivity index (χ3n) is 4.15. The first-order valence-corrected chi connectivity index (χ1v) is 7.02. The van der Waals surface area contributed by atoms with Crippen LogP contribution in [0, 0.1) is 5.92 Å². The molecule has 3 rings (SSSR count). The minimum Gasteiger partial charge on any atom is -0.481 e. The number of hydrogen-bond acceptors (Lipinski definition) is 5. The van der Waals surface area contributed by atoms with Gasteiger partial charge in [0.05, 0.1) is 12.5 Å². The summed E-state index contributed by atoms with van der Waals surface area (Å²) >= 11 is 0. The van der Waals surface area contributed by atoms with E-state index in [-0.39, 0.29) is 12.7 Å². The quantitative estimate of drug-likeness (QED) is 0.878. The Morgan fingerprint density at radius 2 is 2.19 bits per heavy atom. The number of fused-ring (bicyclic) bond motifs is 1. The van der Waals surface area contributed by atoms with E-state index in [1.807, 2.05) is 18.2 Å². The number of carbonyl (C=O) groups is 1. The Morgan fingerprint density at radius 1 is 1.38 bits per heavy atom. The van der Waals surface area contributed by atoms with Gasteiger partial charge < -0.3 is 19.3 Å². The number of ether oxygens (including phenoxy) is 3. The van der Waals surface area contributed by atoms with Gasteiger partial charge in [0.15, 0.2) is 11.5 Å². The molecule has 0 radical (unpaired) electrons. The van der Waals surface area contributed by atoms with Crippen molar-refractivity contribution in [2.75, 3.05) is 40.1 Å². The lowest BCUT2D eigenvalue weighted by atomic mass is 9.89. The summed E-state index contributed by atoms with van der Waals surface area (Å²) in [6, 6.07) is 5.70. The number of aliphatic carboxylic acids is 1. The van der Waals surface area contributed by atoms with Gasteiger partial charge in [0.1, 0.15) is 0 Å². The van der Waals surface area contributed by atoms with E-state index < -0.39 is 11.9 Å². The zero-order valence-electron chi connectivity index (χ0n) is 11.9. The van der Waals surface area contributed by atoms with Crippen molar-refractivity contribution < 1.29 is 24.1 Å². The zero-order valence-corrected chi connectivity index (χ0v) is 11.9. The molecule has 1 saturated heterocycles. The molecule has 0 spiro atoms. The first-order valence-electron chi connectivity index (χ1n) is 7.02. The molecule has 6 nitrogen and oxygen atoms in total. The topological polar surface area (TPSA) is 68.2 Å². The highest BCUT2D eigenvalue weighted by molar-refractivity contribution is 5.72. The molecule has 1 aromatic carbocycles. The lowest BCUT2D eigenvalue weighted by Gasteiger charge is -2.16. The summed E-state index contributed by atoms with van der Waals surface area (Å²) in [6.45, 7) is 2.87. The van der Waals surface area contributed by atoms with Gasteiger partial charge in [0.25, 0.3) is 0 Å². The fourth-order valence-electron chi connectivity index (χ4n) is 3.02. The van der Waals surface area contributed by atoms with Crippen LogP contribution in [-0.4, -0.2) is 56.1 Å². The average Bonchev–Trinajstić information content (AvgIpc) is 3.10. The number of benzene rings is 1. The predicted molar refractivity (Wildman–Crippen MR) is 74.7 cm³/mol. The van der Waals surface area contributed by atoms with Crippen molar-refractivity contribution >= 4 is 5.97 Å². The molecule has 114 valence electrons. The largest absolute Gasteiger partial charge is 0.481 e. The standard InChI is InChI=1S/C15H19NO5/c1-19-5-4-16-7-11(12(8-16)15(17)18)10-2-3-13-14(6-10)21-9-20-13/h2-3,6,11-12H,4-5,7-9H2,1H3,(H,17,18)/t11-,12+/m1/s1. The number of hydrogen-bond donors (Lipinski definition) is 1. The summed E-state index contributed by atoms with van der Waals surface area (Å²) in [6.07, 6.45) is 0. The van der Waals surface area contributed by atoms with Crippen molar-refractivity contribution in [3.05, 3.63) is 23.8 Å². The van der Waals surface area contributed by atoms with Crippen molar-refractivity contribution in [1.82, 2.24) is 4.90 Å². The van der Waals surface area contributed by atoms with Gasteiger partial charge in [0, 0.05) is 32.7 Å². The lowest BCUT2D eigenvalue weighted by molar-refractivity contribution is -0.141. The van der Waals surface area contributed by atoms with Crippen LogP contribution in [0.15, 0.2) is 18.2 Å². The molecule has 2 aliphatic heterocycles. The van der Waals surface area contributed by atoms with E-state index in [2.05, 4.69) is 4.90 Å². The summed E-state index contributed by atoms with van der Waals surface area (Å²) in [4.78, 5) is 13.7. The van der Waals surface area contributed by atoms with E-state index in [1.165, 1.54) is 0 Å². The first kappa shape index (κ1) is 14.2. The van der Waals surface area contributed by atoms with E-state index in [0.717, 1.165) is 24.4 Å². The molecule has 0 saturated carbocycles. The highest BCUT2D eigenvalue weighted by atomic mass is 16.7. The third kappa shape index (κ3) is 2.82. The third-order valence-corrected chi connectivity index (χ3v) is 4.15. The highest BCUT2D eigenvalue weighted by Crippen LogP contribution is 2.39. The minimum absolute atomic E-state index is 0.0335. The summed E-state index contributed by atoms with van der Waals surface area (Å²) in [5.74, 6) is 0.237. The van der Waals surface area contributed by atoms with E-state index in [1.54, 1.807) is 7.11 Å². The maximum absolute atomic E-state index is 11.5. The van der Waals surface area contributed by atoms with Gasteiger partial charge in [-0.3, -0.25) is 9.69 Å². The molecule has 0 bridgehead atoms. The monoisotopic (exact) mass is 293 g/mol. The summed E-state index contributed by atoms with van der Waals surface area (Å²) in [7, 11) is 1.65. The molecule has 0 aromatic heterocycles. The van der Waals surface area contributed by atoms with Crippen LogP contribution in [0.25, 0.3) is 0 Å². The van der Waals surface area contributed by atoms with Crippen LogP contribution in [0.5, 0.6) is 11.5 Å². The molecule has 6 heteroatoms. The van der Waals surface area contributed by atoms with Crippen LogP contribution in [0.1, 0.15) is 11.5 Å². The van der Waals surface area contributed by atoms with Gasteiger partial charge >= 0.3 is 5.97 Å². The van der Waals surface area contributed by atoms with Gasteiger partial charge in [0.2, 0.25) is 6.79 Å². The van der Waals surface area contributed by atoms with Gasteiger partial charge in [-0.1, -0.05) is 6.07 Å². The zero-order chi connectivity index (χ0) is 14.8. The Bertz CT molecular complexity index is 533. The molecule has 1 fully saturated rings. The second-order valence-electron chi connectivity index (χ2n) is 5.42. The second kappa shape index (κ2) is 5.91. The first-order chi connectivity index (χ1) is 10.2. The van der Waals surface area contributed by atoms with Crippen molar-refractivity contribution in [2.24, 2.45) is 5.92 Å². The fraction of sp³-hybridized carbons (Fsp3) is 0.533. The van der Waals surface area contributed by atoms with E-state index in [9.17, 15) is 9.90 Å². The molecule has 2 aliphatic rings. The van der Waals surface area contributed by atoms with Crippen LogP contribution in [0.3, 0.4) is 0 Å². The summed E-state index contributed by atoms with van der Waals surface area (Å²) < 4.78 is 15.8. The second-order valence-corrected chi connectivity index (χ2v) is 5.42.